The van der Waals surface area contributed by atoms with E-state index in [0.717, 1.165) is 41.5 Å². The van der Waals surface area contributed by atoms with Gasteiger partial charge in [-0.2, -0.15) is 0 Å². The van der Waals surface area contributed by atoms with E-state index >= 15 is 0 Å². The molecule has 1 amide bonds. The monoisotopic (exact) mass is 439 g/mol. The topological polar surface area (TPSA) is 36.4 Å². The maximum atomic E-state index is 14.1. The van der Waals surface area contributed by atoms with Gasteiger partial charge < -0.3 is 4.90 Å². The van der Waals surface area contributed by atoms with Gasteiger partial charge in [0.15, 0.2) is 10.9 Å². The molecule has 0 N–H and O–H groups in total. The molecule has 8 heteroatoms. The predicted molar refractivity (Wildman–Crippen MR) is 118 cm³/mol. The highest BCUT2D eigenvalue weighted by Gasteiger charge is 2.23. The van der Waals surface area contributed by atoms with Crippen molar-refractivity contribution in [3.8, 4) is 0 Å². The maximum absolute atomic E-state index is 14.1. The Hall–Kier alpha value is -2.09. The minimum atomic E-state index is -0.718. The first-order chi connectivity index (χ1) is 13.2. The van der Waals surface area contributed by atoms with E-state index in [4.69, 9.17) is 0 Å². The van der Waals surface area contributed by atoms with Crippen molar-refractivity contribution >= 4 is 45.0 Å². The smallest absolute Gasteiger partial charge is 0.260 e. The molecule has 0 aliphatic carbocycles. The van der Waals surface area contributed by atoms with Crippen molar-refractivity contribution in [2.45, 2.75) is 20.3 Å². The molecule has 0 saturated heterocycles. The van der Waals surface area contributed by atoms with Gasteiger partial charge >= 0.3 is 0 Å². The third-order valence-electron chi connectivity index (χ3n) is 4.33. The summed E-state index contributed by atoms with van der Waals surface area (Å²) in [6.07, 6.45) is 0.732. The molecule has 4 nitrogen and oxygen atoms in total. The van der Waals surface area contributed by atoms with Crippen LogP contribution in [-0.2, 0) is 0 Å². The molecule has 0 aliphatic heterocycles. The van der Waals surface area contributed by atoms with Gasteiger partial charge in [-0.15, -0.1) is 12.4 Å². The Kier molecular flexibility index (Phi) is 7.68. The van der Waals surface area contributed by atoms with E-state index in [9.17, 15) is 13.6 Å². The number of halogens is 3. The number of nitrogens with zero attached hydrogens (tertiary/aromatic N) is 3. The second-order valence-corrected chi connectivity index (χ2v) is 8.23. The first-order valence-corrected chi connectivity index (χ1v) is 9.86. The average Bonchev–Trinajstić information content (AvgIpc) is 3.01. The van der Waals surface area contributed by atoms with Crippen LogP contribution in [0.1, 0.15) is 27.9 Å². The highest BCUT2D eigenvalue weighted by Crippen LogP contribution is 2.32. The molecular formula is C21H24ClF2N3OS. The molecule has 0 unspecified atom stereocenters. The lowest BCUT2D eigenvalue weighted by atomic mass is 10.1. The summed E-state index contributed by atoms with van der Waals surface area (Å²) in [7, 11) is 3.93. The lowest BCUT2D eigenvalue weighted by molar-refractivity contribution is 0.0986. The van der Waals surface area contributed by atoms with Crippen LogP contribution in [0.15, 0.2) is 30.3 Å². The Morgan fingerprint density at radius 1 is 1.03 bits per heavy atom. The summed E-state index contributed by atoms with van der Waals surface area (Å²) in [5.41, 5.74) is 2.64. The fourth-order valence-corrected chi connectivity index (χ4v) is 4.17. The van der Waals surface area contributed by atoms with E-state index < -0.39 is 11.6 Å². The predicted octanol–water partition coefficient (Wildman–Crippen LogP) is 5.21. The van der Waals surface area contributed by atoms with E-state index in [-0.39, 0.29) is 23.8 Å². The van der Waals surface area contributed by atoms with Crippen molar-refractivity contribution in [2.75, 3.05) is 32.1 Å². The summed E-state index contributed by atoms with van der Waals surface area (Å²) in [4.78, 5) is 21.2. The highest BCUT2D eigenvalue weighted by molar-refractivity contribution is 7.22. The van der Waals surface area contributed by atoms with Crippen molar-refractivity contribution in [1.29, 1.82) is 0 Å². The number of carbonyl (C=O) groups is 1. The van der Waals surface area contributed by atoms with Gasteiger partial charge in [0.25, 0.3) is 5.91 Å². The van der Waals surface area contributed by atoms with Crippen LogP contribution < -0.4 is 4.90 Å². The maximum Gasteiger partial charge on any atom is 0.260 e. The largest absolute Gasteiger partial charge is 0.309 e. The molecule has 29 heavy (non-hydrogen) atoms. The lowest BCUT2D eigenvalue weighted by Crippen LogP contribution is -2.33. The van der Waals surface area contributed by atoms with Crippen LogP contribution in [0.5, 0.6) is 0 Å². The zero-order valence-corrected chi connectivity index (χ0v) is 18.5. The number of aryl methyl sites for hydroxylation is 2. The number of carbonyl (C=O) groups excluding carboxylic acids is 1. The van der Waals surface area contributed by atoms with E-state index in [0.29, 0.717) is 21.9 Å². The zero-order valence-electron chi connectivity index (χ0n) is 16.8. The molecule has 156 valence electrons. The molecule has 1 heterocycles. The van der Waals surface area contributed by atoms with E-state index in [2.05, 4.69) is 4.98 Å². The number of amides is 1. The summed E-state index contributed by atoms with van der Waals surface area (Å²) in [6, 6.07) is 7.74. The van der Waals surface area contributed by atoms with Crippen molar-refractivity contribution < 1.29 is 13.6 Å². The summed E-state index contributed by atoms with van der Waals surface area (Å²) < 4.78 is 28.1. The van der Waals surface area contributed by atoms with Crippen molar-refractivity contribution in [2.24, 2.45) is 0 Å². The van der Waals surface area contributed by atoms with Gasteiger partial charge in [0, 0.05) is 18.2 Å². The molecule has 0 fully saturated rings. The zero-order chi connectivity index (χ0) is 20.4. The summed E-state index contributed by atoms with van der Waals surface area (Å²) in [5, 5.41) is 0.377. The molecule has 0 saturated carbocycles. The van der Waals surface area contributed by atoms with Gasteiger partial charge in [-0.1, -0.05) is 28.5 Å². The van der Waals surface area contributed by atoms with Gasteiger partial charge in [0.05, 0.1) is 4.70 Å². The number of benzene rings is 2. The van der Waals surface area contributed by atoms with E-state index in [1.165, 1.54) is 6.07 Å². The van der Waals surface area contributed by atoms with Crippen molar-refractivity contribution in [1.82, 2.24) is 9.88 Å². The third-order valence-corrected chi connectivity index (χ3v) is 5.36. The highest BCUT2D eigenvalue weighted by atomic mass is 35.5. The molecule has 0 spiro atoms. The molecule has 3 aromatic rings. The van der Waals surface area contributed by atoms with E-state index in [1.54, 1.807) is 4.90 Å². The van der Waals surface area contributed by atoms with Gasteiger partial charge in [0.1, 0.15) is 11.3 Å². The minimum Gasteiger partial charge on any atom is -0.309 e. The average molecular weight is 440 g/mol. The molecule has 2 aromatic carbocycles. The normalized spacial score (nSPS) is 11.0. The number of thiazole rings is 1. The lowest BCUT2D eigenvalue weighted by Gasteiger charge is -2.21. The Morgan fingerprint density at radius 3 is 2.31 bits per heavy atom. The first-order valence-electron chi connectivity index (χ1n) is 9.05. The van der Waals surface area contributed by atoms with Gasteiger partial charge in [-0.05, 0) is 59.1 Å². The van der Waals surface area contributed by atoms with Gasteiger partial charge in [-0.3, -0.25) is 9.69 Å². The van der Waals surface area contributed by atoms with Crippen LogP contribution in [0.25, 0.3) is 10.2 Å². The Morgan fingerprint density at radius 2 is 1.69 bits per heavy atom. The minimum absolute atomic E-state index is 0. The fraction of sp³-hybridized carbons (Fsp3) is 0.333. The van der Waals surface area contributed by atoms with Crippen LogP contribution in [0.4, 0.5) is 13.9 Å². The number of aromatic nitrogens is 1. The number of anilines is 1. The summed E-state index contributed by atoms with van der Waals surface area (Å²) >= 11 is 1.12. The quantitative estimate of drug-likeness (QED) is 0.529. The number of hydrogen-bond donors (Lipinski definition) is 0. The van der Waals surface area contributed by atoms with Crippen LogP contribution in [0.3, 0.4) is 0 Å². The summed E-state index contributed by atoms with van der Waals surface area (Å²) in [5.74, 6) is -1.56. The number of hydrogen-bond acceptors (Lipinski definition) is 4. The van der Waals surface area contributed by atoms with E-state index in [1.807, 2.05) is 51.0 Å². The Balaban J connectivity index is 0.00000300. The van der Waals surface area contributed by atoms with Crippen molar-refractivity contribution in [3.63, 3.8) is 0 Å². The molecule has 3 rings (SSSR count). The van der Waals surface area contributed by atoms with Crippen molar-refractivity contribution in [3.05, 3.63) is 58.7 Å². The van der Waals surface area contributed by atoms with Gasteiger partial charge in [0.2, 0.25) is 0 Å². The number of fused-ring (bicyclic) bond motifs is 1. The molecular weight excluding hydrogens is 416 g/mol. The molecule has 0 aliphatic rings. The third kappa shape index (κ3) is 5.50. The van der Waals surface area contributed by atoms with Crippen LogP contribution >= 0.6 is 23.7 Å². The SMILES string of the molecule is Cc1cc(C)cc(C(=O)N(CCCN(C)C)c2nc3c(F)cc(F)cc3s2)c1.Cl. The number of rotatable bonds is 6. The second-order valence-electron chi connectivity index (χ2n) is 7.22. The Bertz CT molecular complexity index is 1000. The summed E-state index contributed by atoms with van der Waals surface area (Å²) in [6.45, 7) is 5.12. The standard InChI is InChI=1S/C21H23F2N3OS.ClH/c1-13-8-14(2)10-15(9-13)20(27)26(7-5-6-25(3)4)21-24-19-17(23)11-16(22)12-18(19)28-21;/h8-12H,5-7H2,1-4H3;1H. The Labute approximate surface area is 179 Å². The van der Waals surface area contributed by atoms with Gasteiger partial charge in [-0.25, -0.2) is 13.8 Å². The molecule has 0 atom stereocenters. The van der Waals surface area contributed by atoms with Crippen LogP contribution in [0.2, 0.25) is 0 Å². The molecule has 0 bridgehead atoms. The van der Waals surface area contributed by atoms with Crippen LogP contribution in [-0.4, -0.2) is 43.0 Å². The first kappa shape index (κ1) is 23.2. The van der Waals surface area contributed by atoms with Crippen LogP contribution in [0, 0.1) is 25.5 Å². The molecule has 1 aromatic heterocycles. The molecule has 0 radical (unpaired) electrons. The fourth-order valence-electron chi connectivity index (χ4n) is 3.14. The second kappa shape index (κ2) is 9.61.